The molecule has 0 heterocycles. The van der Waals surface area contributed by atoms with Gasteiger partial charge in [0, 0.05) is 18.4 Å². The number of para-hydroxylation sites is 1. The lowest BCUT2D eigenvalue weighted by atomic mass is 10.1. The van der Waals surface area contributed by atoms with Crippen molar-refractivity contribution in [2.45, 2.75) is 25.2 Å². The van der Waals surface area contributed by atoms with Gasteiger partial charge in [0.05, 0.1) is 12.2 Å². The summed E-state index contributed by atoms with van der Waals surface area (Å²) < 4.78 is 0. The normalized spacial score (nSPS) is 10.4. The molecule has 0 radical (unpaired) electrons. The molecule has 1 aromatic carbocycles. The number of nitrogens with one attached hydrogen (secondary N) is 1. The van der Waals surface area contributed by atoms with E-state index in [2.05, 4.69) is 5.32 Å². The van der Waals surface area contributed by atoms with Crippen molar-refractivity contribution in [3.63, 3.8) is 0 Å². The largest absolute Gasteiger partial charge is 0.336 e. The molecule has 0 saturated carbocycles. The topological polar surface area (TPSA) is 49.4 Å². The standard InChI is InChI=1S/C15H22N2O2S/c1-11(2)9-15(19)17(3)10-14(18)16-12-7-5-6-8-13(12)20-4/h5-8,11H,9-10H2,1-4H3,(H,16,18). The Hall–Kier alpha value is -1.49. The molecule has 1 aromatic rings. The summed E-state index contributed by atoms with van der Waals surface area (Å²) in [6.07, 6.45) is 2.43. The van der Waals surface area contributed by atoms with Crippen LogP contribution in [0.1, 0.15) is 20.3 Å². The van der Waals surface area contributed by atoms with E-state index in [1.54, 1.807) is 18.8 Å². The average molecular weight is 294 g/mol. The van der Waals surface area contributed by atoms with Gasteiger partial charge in [0.25, 0.3) is 0 Å². The number of likely N-dealkylation sites (N-methyl/N-ethyl adjacent to an activating group) is 1. The highest BCUT2D eigenvalue weighted by atomic mass is 32.2. The van der Waals surface area contributed by atoms with Crippen LogP contribution in [-0.2, 0) is 9.59 Å². The Morgan fingerprint density at radius 2 is 1.95 bits per heavy atom. The number of rotatable bonds is 6. The van der Waals surface area contributed by atoms with Crippen LogP contribution in [0.15, 0.2) is 29.2 Å². The van der Waals surface area contributed by atoms with E-state index in [1.165, 1.54) is 4.90 Å². The number of carbonyl (C=O) groups is 2. The van der Waals surface area contributed by atoms with Gasteiger partial charge in [-0.3, -0.25) is 9.59 Å². The van der Waals surface area contributed by atoms with Crippen LogP contribution in [0.3, 0.4) is 0 Å². The number of hydrogen-bond acceptors (Lipinski definition) is 3. The van der Waals surface area contributed by atoms with E-state index in [0.29, 0.717) is 12.3 Å². The summed E-state index contributed by atoms with van der Waals surface area (Å²) in [6, 6.07) is 7.62. The van der Waals surface area contributed by atoms with E-state index in [1.807, 2.05) is 44.4 Å². The number of benzene rings is 1. The quantitative estimate of drug-likeness (QED) is 0.821. The molecule has 1 N–H and O–H groups in total. The zero-order valence-corrected chi connectivity index (χ0v) is 13.3. The van der Waals surface area contributed by atoms with Crippen molar-refractivity contribution in [2.75, 3.05) is 25.2 Å². The van der Waals surface area contributed by atoms with Crippen molar-refractivity contribution in [1.29, 1.82) is 0 Å². The fraction of sp³-hybridized carbons (Fsp3) is 0.467. The summed E-state index contributed by atoms with van der Waals surface area (Å²) in [7, 11) is 1.66. The van der Waals surface area contributed by atoms with Crippen LogP contribution in [0.4, 0.5) is 5.69 Å². The molecule has 20 heavy (non-hydrogen) atoms. The average Bonchev–Trinajstić information content (AvgIpc) is 2.38. The minimum absolute atomic E-state index is 0.00620. The third-order valence-electron chi connectivity index (χ3n) is 2.77. The van der Waals surface area contributed by atoms with E-state index in [4.69, 9.17) is 0 Å². The molecule has 4 nitrogen and oxygen atoms in total. The van der Waals surface area contributed by atoms with Crippen LogP contribution < -0.4 is 5.32 Å². The van der Waals surface area contributed by atoms with Crippen molar-refractivity contribution in [1.82, 2.24) is 4.90 Å². The Labute approximate surface area is 124 Å². The molecule has 0 saturated heterocycles. The third-order valence-corrected chi connectivity index (χ3v) is 3.57. The minimum Gasteiger partial charge on any atom is -0.336 e. The van der Waals surface area contributed by atoms with Crippen LogP contribution in [0.25, 0.3) is 0 Å². The smallest absolute Gasteiger partial charge is 0.244 e. The molecule has 1 rings (SSSR count). The molecular weight excluding hydrogens is 272 g/mol. The van der Waals surface area contributed by atoms with Gasteiger partial charge in [-0.15, -0.1) is 11.8 Å². The molecule has 2 amide bonds. The van der Waals surface area contributed by atoms with Gasteiger partial charge < -0.3 is 10.2 Å². The van der Waals surface area contributed by atoms with Gasteiger partial charge in [0.2, 0.25) is 11.8 Å². The lowest BCUT2D eigenvalue weighted by molar-refractivity contribution is -0.133. The Balaban J connectivity index is 2.57. The first-order chi connectivity index (χ1) is 9.43. The summed E-state index contributed by atoms with van der Waals surface area (Å²) in [6.45, 7) is 4.05. The molecule has 0 fully saturated rings. The highest BCUT2D eigenvalue weighted by Gasteiger charge is 2.14. The van der Waals surface area contributed by atoms with Crippen molar-refractivity contribution < 1.29 is 9.59 Å². The molecule has 5 heteroatoms. The fourth-order valence-electron chi connectivity index (χ4n) is 1.75. The molecule has 0 aliphatic rings. The maximum absolute atomic E-state index is 12.0. The molecule has 110 valence electrons. The molecule has 0 aromatic heterocycles. The lowest BCUT2D eigenvalue weighted by Gasteiger charge is -2.18. The number of carbonyl (C=O) groups excluding carboxylic acids is 2. The van der Waals surface area contributed by atoms with Crippen molar-refractivity contribution >= 4 is 29.3 Å². The second kappa shape index (κ2) is 7.94. The lowest BCUT2D eigenvalue weighted by Crippen LogP contribution is -2.35. The molecule has 0 atom stereocenters. The minimum atomic E-state index is -0.175. The second-order valence-corrected chi connectivity index (χ2v) is 5.94. The summed E-state index contributed by atoms with van der Waals surface area (Å²) >= 11 is 1.58. The van der Waals surface area contributed by atoms with E-state index in [0.717, 1.165) is 10.6 Å². The van der Waals surface area contributed by atoms with Gasteiger partial charge in [-0.2, -0.15) is 0 Å². The van der Waals surface area contributed by atoms with E-state index >= 15 is 0 Å². The second-order valence-electron chi connectivity index (χ2n) is 5.10. The monoisotopic (exact) mass is 294 g/mol. The predicted octanol–water partition coefficient (Wildman–Crippen LogP) is 2.85. The number of nitrogens with zero attached hydrogens (tertiary/aromatic N) is 1. The van der Waals surface area contributed by atoms with E-state index in [-0.39, 0.29) is 18.4 Å². The molecule has 0 aliphatic carbocycles. The van der Waals surface area contributed by atoms with Crippen molar-refractivity contribution in [2.24, 2.45) is 5.92 Å². The third kappa shape index (κ3) is 5.25. The van der Waals surface area contributed by atoms with E-state index in [9.17, 15) is 9.59 Å². The first kappa shape index (κ1) is 16.6. The van der Waals surface area contributed by atoms with Gasteiger partial charge in [0.15, 0.2) is 0 Å². The van der Waals surface area contributed by atoms with Crippen LogP contribution in [-0.4, -0.2) is 36.6 Å². The molecule has 0 bridgehead atoms. The molecule has 0 spiro atoms. The Kier molecular flexibility index (Phi) is 6.58. The molecule has 0 unspecified atom stereocenters. The zero-order valence-electron chi connectivity index (χ0n) is 12.5. The SMILES string of the molecule is CSc1ccccc1NC(=O)CN(C)C(=O)CC(C)C. The van der Waals surface area contributed by atoms with Gasteiger partial charge in [-0.25, -0.2) is 0 Å². The highest BCUT2D eigenvalue weighted by molar-refractivity contribution is 7.98. The van der Waals surface area contributed by atoms with Crippen LogP contribution in [0.5, 0.6) is 0 Å². The summed E-state index contributed by atoms with van der Waals surface area (Å²) in [5.41, 5.74) is 0.787. The number of hydrogen-bond donors (Lipinski definition) is 1. The number of amides is 2. The first-order valence-corrected chi connectivity index (χ1v) is 7.83. The zero-order chi connectivity index (χ0) is 15.1. The summed E-state index contributed by atoms with van der Waals surface area (Å²) in [4.78, 5) is 26.3. The summed E-state index contributed by atoms with van der Waals surface area (Å²) in [5, 5.41) is 2.85. The van der Waals surface area contributed by atoms with Gasteiger partial charge in [-0.05, 0) is 24.3 Å². The van der Waals surface area contributed by atoms with Crippen molar-refractivity contribution in [3.8, 4) is 0 Å². The van der Waals surface area contributed by atoms with Gasteiger partial charge in [-0.1, -0.05) is 26.0 Å². The number of thioether (sulfide) groups is 1. The predicted molar refractivity (Wildman–Crippen MR) is 83.9 cm³/mol. The maximum atomic E-state index is 12.0. The van der Waals surface area contributed by atoms with Gasteiger partial charge >= 0.3 is 0 Å². The van der Waals surface area contributed by atoms with Gasteiger partial charge in [0.1, 0.15) is 0 Å². The first-order valence-electron chi connectivity index (χ1n) is 6.61. The van der Waals surface area contributed by atoms with E-state index < -0.39 is 0 Å². The fourth-order valence-corrected chi connectivity index (χ4v) is 2.30. The van der Waals surface area contributed by atoms with Crippen LogP contribution >= 0.6 is 11.8 Å². The Bertz CT molecular complexity index is 475. The summed E-state index contributed by atoms with van der Waals surface area (Å²) in [5.74, 6) is 0.115. The van der Waals surface area contributed by atoms with Crippen LogP contribution in [0, 0.1) is 5.92 Å². The van der Waals surface area contributed by atoms with Crippen LogP contribution in [0.2, 0.25) is 0 Å². The molecule has 0 aliphatic heterocycles. The molecular formula is C15H22N2O2S. The van der Waals surface area contributed by atoms with Crippen molar-refractivity contribution in [3.05, 3.63) is 24.3 Å². The number of anilines is 1. The Morgan fingerprint density at radius 3 is 2.55 bits per heavy atom. The Morgan fingerprint density at radius 1 is 1.30 bits per heavy atom. The highest BCUT2D eigenvalue weighted by Crippen LogP contribution is 2.24. The maximum Gasteiger partial charge on any atom is 0.244 e.